The summed E-state index contributed by atoms with van der Waals surface area (Å²) in [5.41, 5.74) is 22.0. The highest BCUT2D eigenvalue weighted by Gasteiger charge is 2.38. The quantitative estimate of drug-likeness (QED) is 0.0551. The van der Waals surface area contributed by atoms with Gasteiger partial charge in [0.2, 0.25) is 17.7 Å². The standard InChI is InChI=1S/C22H40N8O7/c23-10-2-1-5-13(24)18(33)28-14(8-9-17(31)32)19(34)29-15(6-3-11-27-22(25)26)20(35)30-12-4-7-16(30)21(36)37/h13-16H,1-12,23-24H2,(H,28,33)(H,29,34)(H,31,32)(H,36,37)(H4,25,26,27). The molecule has 0 radical (unpaired) electrons. The van der Waals surface area contributed by atoms with Crippen molar-refractivity contribution in [3.05, 3.63) is 0 Å². The fourth-order valence-electron chi connectivity index (χ4n) is 3.98. The molecule has 0 aromatic carbocycles. The third-order valence-corrected chi connectivity index (χ3v) is 5.97. The lowest BCUT2D eigenvalue weighted by Crippen LogP contribution is -2.57. The number of nitrogens with zero attached hydrogens (tertiary/aromatic N) is 2. The number of hydrogen-bond donors (Lipinski definition) is 8. The van der Waals surface area contributed by atoms with Crippen molar-refractivity contribution < 1.29 is 34.2 Å². The number of likely N-dealkylation sites (tertiary alicyclic amines) is 1. The predicted molar refractivity (Wildman–Crippen MR) is 134 cm³/mol. The summed E-state index contributed by atoms with van der Waals surface area (Å²) in [6.45, 7) is 0.824. The molecule has 1 rings (SSSR count). The number of carbonyl (C=O) groups is 5. The maximum absolute atomic E-state index is 13.2. The van der Waals surface area contributed by atoms with Gasteiger partial charge < -0.3 is 48.7 Å². The van der Waals surface area contributed by atoms with Gasteiger partial charge in [0.05, 0.1) is 6.04 Å². The third-order valence-electron chi connectivity index (χ3n) is 5.97. The van der Waals surface area contributed by atoms with E-state index in [0.717, 1.165) is 0 Å². The van der Waals surface area contributed by atoms with Crippen molar-refractivity contribution in [2.45, 2.75) is 82.0 Å². The first kappa shape index (κ1) is 31.6. The number of carboxylic acids is 2. The molecule has 1 aliphatic rings. The summed E-state index contributed by atoms with van der Waals surface area (Å²) in [7, 11) is 0. The number of carboxylic acid groups (broad SMARTS) is 2. The Kier molecular flexibility index (Phi) is 13.9. The third kappa shape index (κ3) is 11.4. The molecule has 37 heavy (non-hydrogen) atoms. The Morgan fingerprint density at radius 2 is 1.62 bits per heavy atom. The molecule has 1 saturated heterocycles. The van der Waals surface area contributed by atoms with E-state index in [-0.39, 0.29) is 38.3 Å². The maximum atomic E-state index is 13.2. The van der Waals surface area contributed by atoms with E-state index in [2.05, 4.69) is 15.6 Å². The van der Waals surface area contributed by atoms with Crippen LogP contribution in [0, 0.1) is 0 Å². The second kappa shape index (κ2) is 16.3. The van der Waals surface area contributed by atoms with Gasteiger partial charge in [0.25, 0.3) is 0 Å². The number of hydrogen-bond acceptors (Lipinski definition) is 8. The number of nitrogens with two attached hydrogens (primary N) is 4. The van der Waals surface area contributed by atoms with Crippen LogP contribution >= 0.6 is 0 Å². The van der Waals surface area contributed by atoms with Crippen LogP contribution in [-0.2, 0) is 24.0 Å². The summed E-state index contributed by atoms with van der Waals surface area (Å²) in [6.07, 6.45) is 2.10. The summed E-state index contributed by atoms with van der Waals surface area (Å²) >= 11 is 0. The molecule has 0 aromatic heterocycles. The van der Waals surface area contributed by atoms with Gasteiger partial charge in [0.15, 0.2) is 5.96 Å². The Morgan fingerprint density at radius 1 is 0.946 bits per heavy atom. The minimum atomic E-state index is -1.27. The van der Waals surface area contributed by atoms with E-state index < -0.39 is 60.2 Å². The van der Waals surface area contributed by atoms with Gasteiger partial charge in [0, 0.05) is 19.5 Å². The van der Waals surface area contributed by atoms with E-state index in [4.69, 9.17) is 28.0 Å². The molecule has 210 valence electrons. The van der Waals surface area contributed by atoms with Crippen LogP contribution in [0.15, 0.2) is 4.99 Å². The van der Waals surface area contributed by atoms with Gasteiger partial charge in [-0.05, 0) is 51.5 Å². The highest BCUT2D eigenvalue weighted by Crippen LogP contribution is 2.20. The largest absolute Gasteiger partial charge is 0.481 e. The van der Waals surface area contributed by atoms with Crippen molar-refractivity contribution >= 4 is 35.6 Å². The first-order valence-corrected chi connectivity index (χ1v) is 12.3. The predicted octanol–water partition coefficient (Wildman–Crippen LogP) is -2.59. The minimum Gasteiger partial charge on any atom is -0.481 e. The number of nitrogens with one attached hydrogen (secondary N) is 2. The summed E-state index contributed by atoms with van der Waals surface area (Å²) in [6, 6.07) is -4.35. The van der Waals surface area contributed by atoms with Crippen LogP contribution in [0.5, 0.6) is 0 Å². The normalized spacial score (nSPS) is 17.4. The molecule has 0 aromatic rings. The monoisotopic (exact) mass is 528 g/mol. The second-order valence-corrected chi connectivity index (χ2v) is 8.92. The Bertz CT molecular complexity index is 834. The Balaban J connectivity index is 3.02. The van der Waals surface area contributed by atoms with Crippen LogP contribution in [0.2, 0.25) is 0 Å². The topological polar surface area (TPSA) is 270 Å². The molecule has 1 aliphatic heterocycles. The smallest absolute Gasteiger partial charge is 0.326 e. The highest BCUT2D eigenvalue weighted by molar-refractivity contribution is 5.94. The Morgan fingerprint density at radius 3 is 2.22 bits per heavy atom. The number of amides is 3. The molecule has 4 unspecified atom stereocenters. The van der Waals surface area contributed by atoms with Crippen LogP contribution in [0.4, 0.5) is 0 Å². The molecule has 0 saturated carbocycles. The molecule has 3 amide bonds. The fourth-order valence-corrected chi connectivity index (χ4v) is 3.98. The lowest BCUT2D eigenvalue weighted by atomic mass is 10.0. The van der Waals surface area contributed by atoms with E-state index in [1.165, 1.54) is 4.90 Å². The number of aliphatic carboxylic acids is 2. The molecule has 0 bridgehead atoms. The number of unbranched alkanes of at least 4 members (excludes halogenated alkanes) is 1. The Labute approximate surface area is 215 Å². The molecule has 4 atom stereocenters. The average molecular weight is 529 g/mol. The molecule has 15 heteroatoms. The van der Waals surface area contributed by atoms with Gasteiger partial charge in [-0.1, -0.05) is 6.42 Å². The van der Waals surface area contributed by atoms with E-state index in [0.29, 0.717) is 38.6 Å². The minimum absolute atomic E-state index is 0.0857. The Hall–Kier alpha value is -3.46. The van der Waals surface area contributed by atoms with E-state index >= 15 is 0 Å². The molecule has 12 N–H and O–H groups in total. The van der Waals surface area contributed by atoms with Gasteiger partial charge in [-0.15, -0.1) is 0 Å². The van der Waals surface area contributed by atoms with Crippen LogP contribution in [-0.4, -0.2) is 94.5 Å². The van der Waals surface area contributed by atoms with Crippen LogP contribution in [0.1, 0.15) is 57.8 Å². The lowest BCUT2D eigenvalue weighted by Gasteiger charge is -2.29. The van der Waals surface area contributed by atoms with Gasteiger partial charge in [-0.25, -0.2) is 4.79 Å². The van der Waals surface area contributed by atoms with Gasteiger partial charge in [0.1, 0.15) is 18.1 Å². The number of aliphatic imine (C=N–C) groups is 1. The van der Waals surface area contributed by atoms with Crippen molar-refractivity contribution in [1.29, 1.82) is 0 Å². The molecular formula is C22H40N8O7. The van der Waals surface area contributed by atoms with Crippen molar-refractivity contribution in [3.8, 4) is 0 Å². The zero-order chi connectivity index (χ0) is 28.0. The van der Waals surface area contributed by atoms with Crippen LogP contribution < -0.4 is 33.6 Å². The number of carbonyl (C=O) groups excluding carboxylic acids is 3. The zero-order valence-electron chi connectivity index (χ0n) is 20.9. The average Bonchev–Trinajstić information content (AvgIpc) is 3.33. The van der Waals surface area contributed by atoms with Gasteiger partial charge >= 0.3 is 11.9 Å². The molecule has 15 nitrogen and oxygen atoms in total. The van der Waals surface area contributed by atoms with Crippen molar-refractivity contribution in [1.82, 2.24) is 15.5 Å². The van der Waals surface area contributed by atoms with Crippen molar-refractivity contribution in [3.63, 3.8) is 0 Å². The van der Waals surface area contributed by atoms with Crippen molar-refractivity contribution in [2.24, 2.45) is 27.9 Å². The van der Waals surface area contributed by atoms with E-state index in [1.807, 2.05) is 0 Å². The lowest BCUT2D eigenvalue weighted by molar-refractivity contribution is -0.149. The molecule has 0 aliphatic carbocycles. The molecular weight excluding hydrogens is 488 g/mol. The summed E-state index contributed by atoms with van der Waals surface area (Å²) in [5.74, 6) is -4.47. The number of guanidine groups is 1. The second-order valence-electron chi connectivity index (χ2n) is 8.92. The SMILES string of the molecule is NCCCCC(N)C(=O)NC(CCC(=O)O)C(=O)NC(CCCN=C(N)N)C(=O)N1CCCC1C(=O)O. The number of rotatable bonds is 17. The molecule has 1 heterocycles. The van der Waals surface area contributed by atoms with Crippen LogP contribution in [0.25, 0.3) is 0 Å². The van der Waals surface area contributed by atoms with E-state index in [1.54, 1.807) is 0 Å². The van der Waals surface area contributed by atoms with Crippen LogP contribution in [0.3, 0.4) is 0 Å². The zero-order valence-corrected chi connectivity index (χ0v) is 20.9. The van der Waals surface area contributed by atoms with Gasteiger partial charge in [-0.2, -0.15) is 0 Å². The van der Waals surface area contributed by atoms with E-state index in [9.17, 15) is 29.1 Å². The first-order chi connectivity index (χ1) is 17.5. The maximum Gasteiger partial charge on any atom is 0.326 e. The van der Waals surface area contributed by atoms with Gasteiger partial charge in [-0.3, -0.25) is 24.2 Å². The highest BCUT2D eigenvalue weighted by atomic mass is 16.4. The van der Waals surface area contributed by atoms with Crippen molar-refractivity contribution in [2.75, 3.05) is 19.6 Å². The summed E-state index contributed by atoms with van der Waals surface area (Å²) < 4.78 is 0. The molecule has 0 spiro atoms. The first-order valence-electron chi connectivity index (χ1n) is 12.3. The summed E-state index contributed by atoms with van der Waals surface area (Å²) in [4.78, 5) is 66.7. The fraction of sp³-hybridized carbons (Fsp3) is 0.727. The molecule has 1 fully saturated rings. The summed E-state index contributed by atoms with van der Waals surface area (Å²) in [5, 5.41) is 23.6.